The number of rotatable bonds is 4. The maximum atomic E-state index is 13.7. The third kappa shape index (κ3) is 3.81. The molecule has 22 heavy (non-hydrogen) atoms. The van der Waals surface area contributed by atoms with Gasteiger partial charge < -0.3 is 10.4 Å². The van der Waals surface area contributed by atoms with Gasteiger partial charge in [0.25, 0.3) is 5.91 Å². The third-order valence-electron chi connectivity index (χ3n) is 3.20. The molecule has 6 heteroatoms. The first-order valence-corrected chi connectivity index (χ1v) is 6.93. The molecule has 1 amide bonds. The van der Waals surface area contributed by atoms with Crippen molar-refractivity contribution in [3.8, 4) is 0 Å². The van der Waals surface area contributed by atoms with E-state index in [4.69, 9.17) is 11.6 Å². The van der Waals surface area contributed by atoms with Gasteiger partial charge in [-0.15, -0.1) is 0 Å². The van der Waals surface area contributed by atoms with Gasteiger partial charge in [-0.2, -0.15) is 0 Å². The molecule has 0 heterocycles. The van der Waals surface area contributed by atoms with Crippen LogP contribution in [0, 0.1) is 18.6 Å². The van der Waals surface area contributed by atoms with Crippen LogP contribution >= 0.6 is 11.6 Å². The summed E-state index contributed by atoms with van der Waals surface area (Å²) in [5.74, 6) is -2.26. The lowest BCUT2D eigenvalue weighted by Gasteiger charge is -2.13. The van der Waals surface area contributed by atoms with Crippen molar-refractivity contribution in [1.82, 2.24) is 5.32 Å². The molecule has 3 nitrogen and oxygen atoms in total. The van der Waals surface area contributed by atoms with E-state index in [1.165, 1.54) is 6.92 Å². The summed E-state index contributed by atoms with van der Waals surface area (Å²) in [7, 11) is 0. The Hall–Kier alpha value is -1.98. The number of carbonyl (C=O) groups is 1. The molecule has 0 aliphatic carbocycles. The third-order valence-corrected chi connectivity index (χ3v) is 3.46. The van der Waals surface area contributed by atoms with Crippen LogP contribution in [-0.2, 0) is 0 Å². The highest BCUT2D eigenvalue weighted by molar-refractivity contribution is 6.30. The number of carbonyl (C=O) groups excluding carboxylic acids is 1. The van der Waals surface area contributed by atoms with Crippen LogP contribution in [0.1, 0.15) is 27.6 Å². The fourth-order valence-electron chi connectivity index (χ4n) is 1.91. The lowest BCUT2D eigenvalue weighted by atomic mass is 10.1. The highest BCUT2D eigenvalue weighted by Crippen LogP contribution is 2.17. The van der Waals surface area contributed by atoms with Gasteiger partial charge in [0.15, 0.2) is 0 Å². The largest absolute Gasteiger partial charge is 0.387 e. The molecule has 116 valence electrons. The molecule has 0 aromatic heterocycles. The van der Waals surface area contributed by atoms with E-state index in [9.17, 15) is 18.7 Å². The van der Waals surface area contributed by atoms with Gasteiger partial charge in [-0.25, -0.2) is 8.78 Å². The van der Waals surface area contributed by atoms with Crippen molar-refractivity contribution in [3.63, 3.8) is 0 Å². The molecule has 0 spiro atoms. The fraction of sp³-hybridized carbons (Fsp3) is 0.188. The van der Waals surface area contributed by atoms with E-state index < -0.39 is 29.2 Å². The summed E-state index contributed by atoms with van der Waals surface area (Å²) in [6, 6.07) is 8.25. The highest BCUT2D eigenvalue weighted by atomic mass is 35.5. The number of aryl methyl sites for hydroxylation is 1. The molecular weight excluding hydrogens is 312 g/mol. The van der Waals surface area contributed by atoms with Crippen LogP contribution in [0.5, 0.6) is 0 Å². The number of aliphatic hydroxyl groups excluding tert-OH is 1. The molecule has 2 aromatic carbocycles. The summed E-state index contributed by atoms with van der Waals surface area (Å²) >= 11 is 5.74. The van der Waals surface area contributed by atoms with Crippen LogP contribution in [0.2, 0.25) is 5.02 Å². The molecule has 2 N–H and O–H groups in total. The molecule has 0 radical (unpaired) electrons. The second-order valence-electron chi connectivity index (χ2n) is 4.86. The van der Waals surface area contributed by atoms with E-state index >= 15 is 0 Å². The van der Waals surface area contributed by atoms with E-state index in [0.29, 0.717) is 10.6 Å². The summed E-state index contributed by atoms with van der Waals surface area (Å²) in [5.41, 5.74) is 0.280. The smallest absolute Gasteiger partial charge is 0.254 e. The van der Waals surface area contributed by atoms with Crippen molar-refractivity contribution >= 4 is 17.5 Å². The van der Waals surface area contributed by atoms with Crippen molar-refractivity contribution in [3.05, 3.63) is 69.7 Å². The van der Waals surface area contributed by atoms with Gasteiger partial charge in [-0.05, 0) is 42.3 Å². The summed E-state index contributed by atoms with van der Waals surface area (Å²) in [4.78, 5) is 11.9. The number of hydrogen-bond acceptors (Lipinski definition) is 2. The standard InChI is InChI=1S/C16H14ClF2NO2/c1-9-6-14(19)12(7-13(9)18)16(22)20-8-15(21)10-2-4-11(17)5-3-10/h2-7,15,21H,8H2,1H3,(H,20,22). The minimum atomic E-state index is -0.973. The van der Waals surface area contributed by atoms with Crippen LogP contribution in [0.4, 0.5) is 8.78 Å². The Balaban J connectivity index is 2.03. The Morgan fingerprint density at radius 2 is 1.86 bits per heavy atom. The fourth-order valence-corrected chi connectivity index (χ4v) is 2.03. The Morgan fingerprint density at radius 3 is 2.50 bits per heavy atom. The lowest BCUT2D eigenvalue weighted by Crippen LogP contribution is -2.29. The van der Waals surface area contributed by atoms with Crippen LogP contribution in [0.15, 0.2) is 36.4 Å². The number of halogens is 3. The number of nitrogens with one attached hydrogen (secondary N) is 1. The minimum absolute atomic E-state index is 0.121. The van der Waals surface area contributed by atoms with E-state index in [1.807, 2.05) is 0 Å². The Labute approximate surface area is 131 Å². The van der Waals surface area contributed by atoms with Gasteiger partial charge >= 0.3 is 0 Å². The van der Waals surface area contributed by atoms with Gasteiger partial charge in [0.2, 0.25) is 0 Å². The number of amides is 1. The monoisotopic (exact) mass is 325 g/mol. The van der Waals surface area contributed by atoms with Gasteiger partial charge in [0.05, 0.1) is 11.7 Å². The molecular formula is C16H14ClF2NO2. The Kier molecular flexibility index (Phi) is 5.11. The zero-order valence-electron chi connectivity index (χ0n) is 11.7. The molecule has 1 atom stereocenters. The van der Waals surface area contributed by atoms with Crippen LogP contribution in [-0.4, -0.2) is 17.6 Å². The molecule has 1 unspecified atom stereocenters. The quantitative estimate of drug-likeness (QED) is 0.905. The summed E-state index contributed by atoms with van der Waals surface area (Å²) in [6.45, 7) is 1.28. The number of benzene rings is 2. The zero-order chi connectivity index (χ0) is 16.3. The minimum Gasteiger partial charge on any atom is -0.387 e. The van der Waals surface area contributed by atoms with Gasteiger partial charge in [0.1, 0.15) is 11.6 Å². The topological polar surface area (TPSA) is 49.3 Å². The van der Waals surface area contributed by atoms with E-state index in [1.54, 1.807) is 24.3 Å². The van der Waals surface area contributed by atoms with E-state index in [2.05, 4.69) is 5.32 Å². The Morgan fingerprint density at radius 1 is 1.23 bits per heavy atom. The number of hydrogen-bond donors (Lipinski definition) is 2. The summed E-state index contributed by atoms with van der Waals surface area (Å²) in [5, 5.41) is 12.8. The SMILES string of the molecule is Cc1cc(F)c(C(=O)NCC(O)c2ccc(Cl)cc2)cc1F. The van der Waals surface area contributed by atoms with E-state index in [-0.39, 0.29) is 12.1 Å². The van der Waals surface area contributed by atoms with Crippen molar-refractivity contribution in [2.24, 2.45) is 0 Å². The second kappa shape index (κ2) is 6.85. The first-order chi connectivity index (χ1) is 10.4. The maximum absolute atomic E-state index is 13.7. The van der Waals surface area contributed by atoms with Gasteiger partial charge in [-0.1, -0.05) is 23.7 Å². The Bertz CT molecular complexity index is 689. The molecule has 0 aliphatic heterocycles. The zero-order valence-corrected chi connectivity index (χ0v) is 12.5. The maximum Gasteiger partial charge on any atom is 0.254 e. The molecule has 0 aliphatic rings. The van der Waals surface area contributed by atoms with Crippen LogP contribution < -0.4 is 5.32 Å². The average molecular weight is 326 g/mol. The molecule has 2 rings (SSSR count). The first-order valence-electron chi connectivity index (χ1n) is 6.56. The van der Waals surface area contributed by atoms with Gasteiger partial charge in [-0.3, -0.25) is 4.79 Å². The number of aliphatic hydroxyl groups is 1. The van der Waals surface area contributed by atoms with Crippen molar-refractivity contribution in [1.29, 1.82) is 0 Å². The lowest BCUT2D eigenvalue weighted by molar-refractivity contribution is 0.0912. The van der Waals surface area contributed by atoms with Crippen LogP contribution in [0.25, 0.3) is 0 Å². The van der Waals surface area contributed by atoms with Gasteiger partial charge in [0, 0.05) is 11.6 Å². The summed E-state index contributed by atoms with van der Waals surface area (Å²) < 4.78 is 27.1. The van der Waals surface area contributed by atoms with Crippen molar-refractivity contribution < 1.29 is 18.7 Å². The van der Waals surface area contributed by atoms with Crippen molar-refractivity contribution in [2.45, 2.75) is 13.0 Å². The molecule has 0 saturated heterocycles. The molecule has 2 aromatic rings. The molecule has 0 fully saturated rings. The first kappa shape index (κ1) is 16.4. The summed E-state index contributed by atoms with van der Waals surface area (Å²) in [6.07, 6.45) is -0.973. The predicted octanol–water partition coefficient (Wildman–Crippen LogP) is 3.39. The highest BCUT2D eigenvalue weighted by Gasteiger charge is 2.16. The predicted molar refractivity (Wildman–Crippen MR) is 79.8 cm³/mol. The average Bonchev–Trinajstić information content (AvgIpc) is 2.49. The van der Waals surface area contributed by atoms with Crippen LogP contribution in [0.3, 0.4) is 0 Å². The van der Waals surface area contributed by atoms with E-state index in [0.717, 1.165) is 12.1 Å². The van der Waals surface area contributed by atoms with Crippen molar-refractivity contribution in [2.75, 3.05) is 6.54 Å². The second-order valence-corrected chi connectivity index (χ2v) is 5.30. The molecule has 0 saturated carbocycles. The normalized spacial score (nSPS) is 12.0. The molecule has 0 bridgehead atoms.